The van der Waals surface area contributed by atoms with E-state index in [0.717, 1.165) is 4.47 Å². The Labute approximate surface area is 120 Å². The van der Waals surface area contributed by atoms with Crippen LogP contribution in [0.2, 0.25) is 0 Å². The number of ketones is 1. The summed E-state index contributed by atoms with van der Waals surface area (Å²) in [5.41, 5.74) is 1.17. The second-order valence-electron chi connectivity index (χ2n) is 4.06. The van der Waals surface area contributed by atoms with E-state index >= 15 is 0 Å². The Kier molecular flexibility index (Phi) is 4.18. The molecule has 2 rings (SSSR count). The van der Waals surface area contributed by atoms with Crippen LogP contribution in [-0.2, 0) is 6.42 Å². The largest absolute Gasteiger partial charge is 0.469 e. The second kappa shape index (κ2) is 5.85. The first-order valence-electron chi connectivity index (χ1n) is 5.93. The Morgan fingerprint density at radius 2 is 2.16 bits per heavy atom. The Balaban J connectivity index is 2.42. The van der Waals surface area contributed by atoms with Gasteiger partial charge in [0.05, 0.1) is 17.9 Å². The van der Waals surface area contributed by atoms with Crippen molar-refractivity contribution < 1.29 is 9.21 Å². The number of carbonyl (C=O) groups excluding carboxylic acids is 1. The van der Waals surface area contributed by atoms with Crippen LogP contribution < -0.4 is 0 Å². The third kappa shape index (κ3) is 2.61. The summed E-state index contributed by atoms with van der Waals surface area (Å²) in [5.74, 6) is -0.421. The number of nitrogens with zero attached hydrogens (tertiary/aromatic N) is 1. The highest BCUT2D eigenvalue weighted by atomic mass is 79.9. The highest BCUT2D eigenvalue weighted by Gasteiger charge is 2.26. The number of benzene rings is 1. The first-order valence-corrected chi connectivity index (χ1v) is 6.73. The summed E-state index contributed by atoms with van der Waals surface area (Å²) in [6, 6.07) is 11.0. The van der Waals surface area contributed by atoms with Gasteiger partial charge in [0.25, 0.3) is 0 Å². The molecule has 0 aliphatic heterocycles. The molecule has 3 nitrogen and oxygen atoms in total. The molecule has 1 unspecified atom stereocenters. The maximum Gasteiger partial charge on any atom is 0.188 e. The SMILES string of the molecule is CCc1occc1C(=O)C(C#N)c1ccccc1Br. The molecule has 1 atom stereocenters. The summed E-state index contributed by atoms with van der Waals surface area (Å²) in [5, 5.41) is 9.31. The summed E-state index contributed by atoms with van der Waals surface area (Å²) in [6.07, 6.45) is 2.11. The average molecular weight is 318 g/mol. The van der Waals surface area contributed by atoms with Gasteiger partial charge in [-0.2, -0.15) is 5.26 Å². The molecule has 2 aromatic rings. The first kappa shape index (κ1) is 13.6. The lowest BCUT2D eigenvalue weighted by atomic mass is 9.91. The molecule has 0 saturated heterocycles. The lowest BCUT2D eigenvalue weighted by Gasteiger charge is -2.10. The molecule has 96 valence electrons. The zero-order valence-corrected chi connectivity index (χ0v) is 12.0. The van der Waals surface area contributed by atoms with E-state index in [4.69, 9.17) is 4.42 Å². The van der Waals surface area contributed by atoms with Gasteiger partial charge in [-0.25, -0.2) is 0 Å². The van der Waals surface area contributed by atoms with E-state index in [2.05, 4.69) is 22.0 Å². The van der Waals surface area contributed by atoms with Crippen LogP contribution in [0.3, 0.4) is 0 Å². The number of furan rings is 1. The van der Waals surface area contributed by atoms with Gasteiger partial charge in [-0.3, -0.25) is 4.79 Å². The minimum Gasteiger partial charge on any atom is -0.469 e. The molecule has 0 saturated carbocycles. The van der Waals surface area contributed by atoms with Gasteiger partial charge in [-0.1, -0.05) is 41.1 Å². The second-order valence-corrected chi connectivity index (χ2v) is 4.91. The minimum absolute atomic E-state index is 0.222. The number of hydrogen-bond acceptors (Lipinski definition) is 3. The van der Waals surface area contributed by atoms with Crippen LogP contribution in [0.1, 0.15) is 34.5 Å². The normalized spacial score (nSPS) is 11.8. The van der Waals surface area contributed by atoms with E-state index in [-0.39, 0.29) is 5.78 Å². The van der Waals surface area contributed by atoms with Gasteiger partial charge in [0.1, 0.15) is 11.7 Å². The van der Waals surface area contributed by atoms with Crippen LogP contribution in [0.5, 0.6) is 0 Å². The third-order valence-corrected chi connectivity index (χ3v) is 3.66. The smallest absolute Gasteiger partial charge is 0.188 e. The zero-order valence-electron chi connectivity index (χ0n) is 10.4. The van der Waals surface area contributed by atoms with Gasteiger partial charge in [-0.15, -0.1) is 0 Å². The van der Waals surface area contributed by atoms with Crippen LogP contribution >= 0.6 is 15.9 Å². The van der Waals surface area contributed by atoms with Crippen molar-refractivity contribution in [3.63, 3.8) is 0 Å². The van der Waals surface area contributed by atoms with E-state index in [1.807, 2.05) is 25.1 Å². The van der Waals surface area contributed by atoms with Crippen LogP contribution in [0, 0.1) is 11.3 Å². The highest BCUT2D eigenvalue weighted by molar-refractivity contribution is 9.10. The van der Waals surface area contributed by atoms with E-state index in [0.29, 0.717) is 23.3 Å². The van der Waals surface area contributed by atoms with Crippen LogP contribution in [0.4, 0.5) is 0 Å². The molecule has 0 radical (unpaired) electrons. The summed E-state index contributed by atoms with van der Waals surface area (Å²) < 4.78 is 6.01. The third-order valence-electron chi connectivity index (χ3n) is 2.94. The van der Waals surface area contributed by atoms with E-state index in [1.165, 1.54) is 6.26 Å². The van der Waals surface area contributed by atoms with E-state index < -0.39 is 5.92 Å². The summed E-state index contributed by atoms with van der Waals surface area (Å²) >= 11 is 3.38. The van der Waals surface area contributed by atoms with Crippen molar-refractivity contribution in [2.45, 2.75) is 19.3 Å². The molecule has 4 heteroatoms. The lowest BCUT2D eigenvalue weighted by molar-refractivity contribution is 0.0977. The van der Waals surface area contributed by atoms with Gasteiger partial charge in [0.2, 0.25) is 0 Å². The van der Waals surface area contributed by atoms with Crippen LogP contribution in [0.25, 0.3) is 0 Å². The fourth-order valence-corrected chi connectivity index (χ4v) is 2.48. The predicted molar refractivity (Wildman–Crippen MR) is 74.9 cm³/mol. The molecule has 1 aromatic heterocycles. The Morgan fingerprint density at radius 3 is 2.79 bits per heavy atom. The van der Waals surface area contributed by atoms with Crippen molar-refractivity contribution in [3.05, 3.63) is 58.0 Å². The molecule has 0 spiro atoms. The zero-order chi connectivity index (χ0) is 13.8. The average Bonchev–Trinajstić information content (AvgIpc) is 2.89. The maximum atomic E-state index is 12.5. The van der Waals surface area contributed by atoms with Crippen LogP contribution in [-0.4, -0.2) is 5.78 Å². The van der Waals surface area contributed by atoms with E-state index in [1.54, 1.807) is 12.1 Å². The number of rotatable bonds is 4. The highest BCUT2D eigenvalue weighted by Crippen LogP contribution is 2.28. The molecule has 0 aliphatic rings. The number of carbonyl (C=O) groups is 1. The summed E-state index contributed by atoms with van der Waals surface area (Å²) in [4.78, 5) is 12.5. The monoisotopic (exact) mass is 317 g/mol. The molecule has 1 heterocycles. The Hall–Kier alpha value is -1.86. The van der Waals surface area contributed by atoms with Gasteiger partial charge >= 0.3 is 0 Å². The molecule has 0 fully saturated rings. The summed E-state index contributed by atoms with van der Waals surface area (Å²) in [6.45, 7) is 1.91. The van der Waals surface area contributed by atoms with Gasteiger partial charge in [0, 0.05) is 10.9 Å². The first-order chi connectivity index (χ1) is 9.19. The number of halogens is 1. The van der Waals surface area contributed by atoms with Crippen molar-refractivity contribution in [1.82, 2.24) is 0 Å². The number of Topliss-reactive ketones (excluding diaryl/α,β-unsaturated/α-hetero) is 1. The topological polar surface area (TPSA) is 54.0 Å². The minimum atomic E-state index is -0.821. The fraction of sp³-hybridized carbons (Fsp3) is 0.200. The standard InChI is InChI=1S/C15H12BrNO2/c1-2-14-11(7-8-19-14)15(18)12(9-17)10-5-3-4-6-13(10)16/h3-8,12H,2H2,1H3. The van der Waals surface area contributed by atoms with Crippen LogP contribution in [0.15, 0.2) is 45.5 Å². The predicted octanol–water partition coefficient (Wildman–Crippen LogP) is 4.09. The quantitative estimate of drug-likeness (QED) is 0.798. The van der Waals surface area contributed by atoms with Crippen molar-refractivity contribution in [2.24, 2.45) is 0 Å². The van der Waals surface area contributed by atoms with Gasteiger partial charge in [0.15, 0.2) is 5.78 Å². The lowest BCUT2D eigenvalue weighted by Crippen LogP contribution is -2.12. The van der Waals surface area contributed by atoms with Crippen molar-refractivity contribution >= 4 is 21.7 Å². The molecule has 0 aliphatic carbocycles. The van der Waals surface area contributed by atoms with Gasteiger partial charge in [-0.05, 0) is 17.7 Å². The van der Waals surface area contributed by atoms with Crippen molar-refractivity contribution in [2.75, 3.05) is 0 Å². The molecular formula is C15H12BrNO2. The number of aryl methyl sites for hydroxylation is 1. The summed E-state index contributed by atoms with van der Waals surface area (Å²) in [7, 11) is 0. The van der Waals surface area contributed by atoms with Crippen molar-refractivity contribution in [3.8, 4) is 6.07 Å². The van der Waals surface area contributed by atoms with E-state index in [9.17, 15) is 10.1 Å². The molecule has 19 heavy (non-hydrogen) atoms. The van der Waals surface area contributed by atoms with Gasteiger partial charge < -0.3 is 4.42 Å². The Morgan fingerprint density at radius 1 is 1.42 bits per heavy atom. The maximum absolute atomic E-state index is 12.5. The van der Waals surface area contributed by atoms with Crippen molar-refractivity contribution in [1.29, 1.82) is 5.26 Å². The molecular weight excluding hydrogens is 306 g/mol. The number of hydrogen-bond donors (Lipinski definition) is 0. The molecule has 0 N–H and O–H groups in total. The molecule has 1 aromatic carbocycles. The Bertz CT molecular complexity index is 640. The number of nitriles is 1. The molecule has 0 bridgehead atoms. The fourth-order valence-electron chi connectivity index (χ4n) is 1.97. The molecule has 0 amide bonds.